The molecule has 0 N–H and O–H groups in total. The zero-order valence-electron chi connectivity index (χ0n) is 5.62. The fraction of sp³-hybridized carbons (Fsp3) is 0.400. The van der Waals surface area contributed by atoms with E-state index in [9.17, 15) is 26.3 Å². The quantitative estimate of drug-likeness (QED) is 0.612. The largest absolute Gasteiger partial charge is 0.443 e. The normalized spacial score (nSPS) is 13.4. The van der Waals surface area contributed by atoms with Gasteiger partial charge in [0.15, 0.2) is 5.01 Å². The van der Waals surface area contributed by atoms with Crippen molar-refractivity contribution in [3.63, 3.8) is 0 Å². The number of thiazole rings is 1. The Morgan fingerprint density at radius 2 is 1.54 bits per heavy atom. The average Bonchev–Trinajstić information content (AvgIpc) is 2.28. The number of hydrogen-bond acceptors (Lipinski definition) is 2. The highest BCUT2D eigenvalue weighted by molar-refractivity contribution is 7.11. The van der Waals surface area contributed by atoms with E-state index >= 15 is 0 Å². The summed E-state index contributed by atoms with van der Waals surface area (Å²) in [5.41, 5.74) is 0. The highest BCUT2D eigenvalue weighted by atomic mass is 32.1. The van der Waals surface area contributed by atoms with E-state index in [-0.39, 0.29) is 0 Å². The van der Waals surface area contributed by atoms with Crippen molar-refractivity contribution in [1.29, 1.82) is 0 Å². The van der Waals surface area contributed by atoms with Crippen LogP contribution in [0, 0.1) is 6.20 Å². The summed E-state index contributed by atoms with van der Waals surface area (Å²) in [7, 11) is 0. The predicted octanol–water partition coefficient (Wildman–Crippen LogP) is 2.98. The van der Waals surface area contributed by atoms with Gasteiger partial charge in [0.05, 0.1) is 0 Å². The van der Waals surface area contributed by atoms with Crippen LogP contribution in [0.4, 0.5) is 26.3 Å². The van der Waals surface area contributed by atoms with Crippen LogP contribution in [0.5, 0.6) is 0 Å². The van der Waals surface area contributed by atoms with E-state index in [1.54, 1.807) is 0 Å². The molecule has 0 aliphatic carbocycles. The molecule has 0 bridgehead atoms. The minimum atomic E-state index is -4.84. The highest BCUT2D eigenvalue weighted by Crippen LogP contribution is 2.38. The maximum atomic E-state index is 11.8. The van der Waals surface area contributed by atoms with Crippen LogP contribution >= 0.6 is 11.3 Å². The second-order valence-electron chi connectivity index (χ2n) is 1.96. The molecule has 0 fully saturated rings. The van der Waals surface area contributed by atoms with Crippen molar-refractivity contribution in [2.45, 2.75) is 12.4 Å². The molecule has 1 radical (unpaired) electrons. The number of aromatic nitrogens is 1. The molecule has 0 atom stereocenters. The monoisotopic (exact) mass is 220 g/mol. The molecule has 0 aromatic carbocycles. The summed E-state index contributed by atoms with van der Waals surface area (Å²) in [4.78, 5) is 1.03. The molecule has 8 heteroatoms. The van der Waals surface area contributed by atoms with Gasteiger partial charge in [0, 0.05) is 0 Å². The molecule has 1 rings (SSSR count). The first-order chi connectivity index (χ1) is 5.71. The minimum absolute atomic E-state index is 0.470. The molecule has 1 aromatic rings. The van der Waals surface area contributed by atoms with Crippen molar-refractivity contribution >= 4 is 11.3 Å². The van der Waals surface area contributed by atoms with Gasteiger partial charge in [-0.2, -0.15) is 26.3 Å². The number of nitrogens with zero attached hydrogens (tertiary/aromatic N) is 1. The summed E-state index contributed by atoms with van der Waals surface area (Å²) in [6.45, 7) is 0. The second-order valence-corrected chi connectivity index (χ2v) is 2.95. The number of alkyl halides is 6. The van der Waals surface area contributed by atoms with E-state index in [0.29, 0.717) is 0 Å². The first-order valence-corrected chi connectivity index (χ1v) is 3.56. The van der Waals surface area contributed by atoms with Crippen LogP contribution in [0.15, 0.2) is 0 Å². The Balaban J connectivity index is 3.01. The summed E-state index contributed by atoms with van der Waals surface area (Å²) >= 11 is -0.470. The van der Waals surface area contributed by atoms with E-state index in [4.69, 9.17) is 0 Å². The Morgan fingerprint density at radius 3 is 1.77 bits per heavy atom. The van der Waals surface area contributed by atoms with E-state index in [0.717, 1.165) is 0 Å². The van der Waals surface area contributed by atoms with Crippen LogP contribution in [0.1, 0.15) is 9.88 Å². The third kappa shape index (κ3) is 2.33. The fourth-order valence-electron chi connectivity index (χ4n) is 0.486. The molecule has 0 aliphatic rings. The van der Waals surface area contributed by atoms with Gasteiger partial charge in [-0.3, -0.25) is 0 Å². The van der Waals surface area contributed by atoms with Crippen LogP contribution in [0.3, 0.4) is 0 Å². The second kappa shape index (κ2) is 2.86. The molecule has 1 heterocycles. The van der Waals surface area contributed by atoms with Crippen LogP contribution in [-0.2, 0) is 12.4 Å². The van der Waals surface area contributed by atoms with Gasteiger partial charge in [-0.25, -0.2) is 4.98 Å². The van der Waals surface area contributed by atoms with Crippen LogP contribution in [0.2, 0.25) is 0 Å². The Labute approximate surface area is 72.0 Å². The molecule has 0 amide bonds. The van der Waals surface area contributed by atoms with Gasteiger partial charge in [0.1, 0.15) is 11.1 Å². The van der Waals surface area contributed by atoms with Crippen molar-refractivity contribution in [1.82, 2.24) is 4.98 Å². The molecule has 1 aromatic heterocycles. The molecular formula is C5F6NS. The standard InChI is InChI=1S/C5F6NS/c6-4(7,8)2-1-12-3(13-2)5(9,10)11. The van der Waals surface area contributed by atoms with E-state index in [1.165, 1.54) is 6.20 Å². The van der Waals surface area contributed by atoms with Crippen LogP contribution < -0.4 is 0 Å². The first kappa shape index (κ1) is 10.3. The van der Waals surface area contributed by atoms with Gasteiger partial charge in [0.2, 0.25) is 0 Å². The molecule has 73 valence electrons. The molecule has 0 spiro atoms. The number of hydrogen-bond donors (Lipinski definition) is 0. The topological polar surface area (TPSA) is 12.9 Å². The first-order valence-electron chi connectivity index (χ1n) is 2.74. The lowest BCUT2D eigenvalue weighted by Gasteiger charge is -2.00. The molecule has 1 nitrogen and oxygen atoms in total. The van der Waals surface area contributed by atoms with Crippen molar-refractivity contribution < 1.29 is 26.3 Å². The summed E-state index contributed by atoms with van der Waals surface area (Å²) in [5, 5.41) is -1.54. The maximum Gasteiger partial charge on any atom is 0.443 e. The lowest BCUT2D eigenvalue weighted by molar-refractivity contribution is -0.137. The Hall–Kier alpha value is -0.790. The number of halogens is 6. The third-order valence-electron chi connectivity index (χ3n) is 0.958. The fourth-order valence-corrected chi connectivity index (χ4v) is 1.09. The van der Waals surface area contributed by atoms with Gasteiger partial charge >= 0.3 is 12.4 Å². The van der Waals surface area contributed by atoms with E-state index in [2.05, 4.69) is 4.98 Å². The maximum absolute atomic E-state index is 11.8. The SMILES string of the molecule is FC(F)(F)c1[c]nc(C(F)(F)F)s1. The third-order valence-corrected chi connectivity index (χ3v) is 2.00. The van der Waals surface area contributed by atoms with Crippen LogP contribution in [-0.4, -0.2) is 4.98 Å². The Bertz CT molecular complexity index is 268. The molecular weight excluding hydrogens is 220 g/mol. The Morgan fingerprint density at radius 1 is 1.00 bits per heavy atom. The summed E-state index contributed by atoms with van der Waals surface area (Å²) < 4.78 is 70.5. The summed E-state index contributed by atoms with van der Waals surface area (Å²) in [6.07, 6.45) is -8.39. The average molecular weight is 220 g/mol. The van der Waals surface area contributed by atoms with Gasteiger partial charge in [-0.05, 0) is 0 Å². The van der Waals surface area contributed by atoms with Crippen LogP contribution in [0.25, 0.3) is 0 Å². The van der Waals surface area contributed by atoms with Crippen molar-refractivity contribution in [3.05, 3.63) is 16.1 Å². The van der Waals surface area contributed by atoms with Crippen molar-refractivity contribution in [2.75, 3.05) is 0 Å². The lowest BCUT2D eigenvalue weighted by Crippen LogP contribution is -2.03. The molecule has 0 unspecified atom stereocenters. The summed E-state index contributed by atoms with van der Waals surface area (Å²) in [5.74, 6) is 0. The molecule has 0 aliphatic heterocycles. The van der Waals surface area contributed by atoms with Crippen molar-refractivity contribution in [3.8, 4) is 0 Å². The van der Waals surface area contributed by atoms with Gasteiger partial charge in [-0.15, -0.1) is 11.3 Å². The predicted molar refractivity (Wildman–Crippen MR) is 31.0 cm³/mol. The van der Waals surface area contributed by atoms with Gasteiger partial charge in [0.25, 0.3) is 0 Å². The zero-order valence-corrected chi connectivity index (χ0v) is 6.44. The van der Waals surface area contributed by atoms with E-state index < -0.39 is 33.6 Å². The van der Waals surface area contributed by atoms with Crippen molar-refractivity contribution in [2.24, 2.45) is 0 Å². The molecule has 0 saturated heterocycles. The highest BCUT2D eigenvalue weighted by Gasteiger charge is 2.40. The minimum Gasteiger partial charge on any atom is -0.230 e. The van der Waals surface area contributed by atoms with E-state index in [1.807, 2.05) is 0 Å². The Kier molecular flexibility index (Phi) is 2.27. The molecule has 13 heavy (non-hydrogen) atoms. The molecule has 0 saturated carbocycles. The smallest absolute Gasteiger partial charge is 0.230 e. The van der Waals surface area contributed by atoms with Gasteiger partial charge in [-0.1, -0.05) is 0 Å². The lowest BCUT2D eigenvalue weighted by atomic mass is 10.5. The number of rotatable bonds is 0. The zero-order chi connectivity index (χ0) is 10.3. The van der Waals surface area contributed by atoms with Gasteiger partial charge < -0.3 is 0 Å². The summed E-state index contributed by atoms with van der Waals surface area (Å²) in [6, 6.07) is 0.